The summed E-state index contributed by atoms with van der Waals surface area (Å²) in [5, 5.41) is 3.51. The van der Waals surface area contributed by atoms with Crippen LogP contribution in [0.4, 0.5) is 10.8 Å². The Bertz CT molecular complexity index is 624. The van der Waals surface area contributed by atoms with Crippen molar-refractivity contribution < 1.29 is 4.79 Å². The van der Waals surface area contributed by atoms with Gasteiger partial charge in [-0.1, -0.05) is 41.1 Å². The number of rotatable bonds is 4. The van der Waals surface area contributed by atoms with Gasteiger partial charge in [-0.3, -0.25) is 4.79 Å². The van der Waals surface area contributed by atoms with Crippen LogP contribution < -0.4 is 10.2 Å². The summed E-state index contributed by atoms with van der Waals surface area (Å²) in [6.07, 6.45) is 0. The molecule has 0 fully saturated rings. The first-order valence-corrected chi connectivity index (χ1v) is 8.14. The molecule has 1 aromatic heterocycles. The van der Waals surface area contributed by atoms with Gasteiger partial charge in [0.25, 0.3) is 0 Å². The van der Waals surface area contributed by atoms with Gasteiger partial charge in [0.15, 0.2) is 5.13 Å². The summed E-state index contributed by atoms with van der Waals surface area (Å²) in [7, 11) is 4.01. The monoisotopic (exact) mass is 355 g/mol. The van der Waals surface area contributed by atoms with E-state index in [9.17, 15) is 4.79 Å². The van der Waals surface area contributed by atoms with Crippen molar-refractivity contribution in [3.8, 4) is 0 Å². The average molecular weight is 356 g/mol. The maximum atomic E-state index is 12.0. The molecule has 0 spiro atoms. The molecule has 0 bridgehead atoms. The normalized spacial score (nSPS) is 12.7. The Labute approximate surface area is 131 Å². The van der Waals surface area contributed by atoms with E-state index < -0.39 is 0 Å². The molecular weight excluding hydrogens is 338 g/mol. The van der Waals surface area contributed by atoms with E-state index in [-0.39, 0.29) is 16.7 Å². The Morgan fingerprint density at radius 1 is 1.40 bits per heavy atom. The van der Waals surface area contributed by atoms with Crippen molar-refractivity contribution in [2.75, 3.05) is 24.3 Å². The number of fused-ring (bicyclic) bond motifs is 1. The molecule has 1 N–H and O–H groups in total. The number of benzene rings is 1. The van der Waals surface area contributed by atoms with Crippen LogP contribution >= 0.6 is 27.3 Å². The highest BCUT2D eigenvalue weighted by Gasteiger charge is 2.19. The number of aromatic nitrogens is 1. The Morgan fingerprint density at radius 3 is 2.70 bits per heavy atom. The highest BCUT2D eigenvalue weighted by atomic mass is 79.9. The van der Waals surface area contributed by atoms with Crippen LogP contribution in [-0.2, 0) is 4.79 Å². The lowest BCUT2D eigenvalue weighted by molar-refractivity contribution is -0.116. The number of carbonyl (C=O) groups is 1. The van der Waals surface area contributed by atoms with Gasteiger partial charge in [-0.05, 0) is 24.1 Å². The second kappa shape index (κ2) is 6.10. The van der Waals surface area contributed by atoms with E-state index in [0.29, 0.717) is 5.13 Å². The fraction of sp³-hybridized carbons (Fsp3) is 0.429. The Hall–Kier alpha value is -1.14. The van der Waals surface area contributed by atoms with Crippen LogP contribution in [0, 0.1) is 5.92 Å². The Balaban J connectivity index is 2.22. The van der Waals surface area contributed by atoms with Crippen molar-refractivity contribution in [3.63, 3.8) is 0 Å². The zero-order valence-corrected chi connectivity index (χ0v) is 14.4. The summed E-state index contributed by atoms with van der Waals surface area (Å²) in [4.78, 5) is 18.3. The highest BCUT2D eigenvalue weighted by molar-refractivity contribution is 9.10. The van der Waals surface area contributed by atoms with Gasteiger partial charge in [-0.15, -0.1) is 0 Å². The van der Waals surface area contributed by atoms with Crippen LogP contribution in [0.2, 0.25) is 0 Å². The van der Waals surface area contributed by atoms with Crippen LogP contribution in [0.5, 0.6) is 0 Å². The molecule has 6 heteroatoms. The summed E-state index contributed by atoms with van der Waals surface area (Å²) < 4.78 is 1.07. The molecule has 0 aliphatic carbocycles. The van der Waals surface area contributed by atoms with Crippen molar-refractivity contribution in [1.82, 2.24) is 4.98 Å². The van der Waals surface area contributed by atoms with E-state index in [4.69, 9.17) is 0 Å². The van der Waals surface area contributed by atoms with Gasteiger partial charge in [-0.25, -0.2) is 4.98 Å². The molecule has 20 heavy (non-hydrogen) atoms. The van der Waals surface area contributed by atoms with Gasteiger partial charge < -0.3 is 10.2 Å². The second-order valence-corrected chi connectivity index (χ2v) is 7.22. The smallest absolute Gasteiger partial charge is 0.240 e. The topological polar surface area (TPSA) is 45.2 Å². The molecule has 0 saturated carbocycles. The van der Waals surface area contributed by atoms with E-state index >= 15 is 0 Å². The molecular formula is C14H18BrN3OS. The van der Waals surface area contributed by atoms with Crippen LogP contribution in [0.1, 0.15) is 13.8 Å². The van der Waals surface area contributed by atoms with Crippen LogP contribution in [0.15, 0.2) is 18.2 Å². The van der Waals surface area contributed by atoms with Crippen LogP contribution in [0.3, 0.4) is 0 Å². The molecule has 1 heterocycles. The van der Waals surface area contributed by atoms with E-state index in [0.717, 1.165) is 15.9 Å². The summed E-state index contributed by atoms with van der Waals surface area (Å²) in [6, 6.07) is 6.08. The molecule has 0 aliphatic heterocycles. The van der Waals surface area contributed by atoms with Gasteiger partial charge in [-0.2, -0.15) is 0 Å². The summed E-state index contributed by atoms with van der Waals surface area (Å²) in [5.74, 6) is 0.191. The fourth-order valence-corrected chi connectivity index (χ4v) is 2.74. The molecule has 0 unspecified atom stereocenters. The third-order valence-corrected chi connectivity index (χ3v) is 5.36. The minimum absolute atomic E-state index is 0.0492. The van der Waals surface area contributed by atoms with Crippen molar-refractivity contribution in [3.05, 3.63) is 18.2 Å². The van der Waals surface area contributed by atoms with Crippen molar-refractivity contribution in [2.24, 2.45) is 5.92 Å². The third kappa shape index (κ3) is 3.30. The first kappa shape index (κ1) is 15.3. The minimum atomic E-state index is -0.202. The number of halogens is 1. The molecule has 0 aliphatic rings. The number of amides is 1. The van der Waals surface area contributed by atoms with Gasteiger partial charge in [0.1, 0.15) is 0 Å². The number of nitrogens with one attached hydrogen (secondary N) is 1. The quantitative estimate of drug-likeness (QED) is 0.850. The summed E-state index contributed by atoms with van der Waals surface area (Å²) >= 11 is 4.89. The third-order valence-electron chi connectivity index (χ3n) is 2.95. The average Bonchev–Trinajstić information content (AvgIpc) is 2.78. The molecule has 4 nitrogen and oxygen atoms in total. The Morgan fingerprint density at radius 2 is 2.10 bits per heavy atom. The standard InChI is InChI=1S/C14H18BrN3OS/c1-8(2)12(15)13(19)17-14-16-10-6-5-9(18(3)4)7-11(10)20-14/h5-8,12H,1-4H3,(H,16,17,19)/t12-/m1/s1. The molecule has 1 aromatic carbocycles. The lowest BCUT2D eigenvalue weighted by atomic mass is 10.1. The molecule has 0 saturated heterocycles. The number of alkyl halides is 1. The number of nitrogens with zero attached hydrogens (tertiary/aromatic N) is 2. The van der Waals surface area contributed by atoms with E-state index in [1.807, 2.05) is 45.0 Å². The predicted octanol–water partition coefficient (Wildman–Crippen LogP) is 3.72. The number of hydrogen-bond donors (Lipinski definition) is 1. The van der Waals surface area contributed by atoms with Crippen molar-refractivity contribution in [1.29, 1.82) is 0 Å². The van der Waals surface area contributed by atoms with Crippen LogP contribution in [0.25, 0.3) is 10.2 Å². The number of hydrogen-bond acceptors (Lipinski definition) is 4. The number of anilines is 2. The van der Waals surface area contributed by atoms with Gasteiger partial charge in [0.2, 0.25) is 5.91 Å². The Kier molecular flexibility index (Phi) is 4.65. The molecule has 1 atom stereocenters. The van der Waals surface area contributed by atoms with E-state index in [2.05, 4.69) is 32.3 Å². The highest BCUT2D eigenvalue weighted by Crippen LogP contribution is 2.29. The summed E-state index contributed by atoms with van der Waals surface area (Å²) in [5.41, 5.74) is 2.03. The molecule has 1 amide bonds. The predicted molar refractivity (Wildman–Crippen MR) is 90.1 cm³/mol. The van der Waals surface area contributed by atoms with E-state index in [1.165, 1.54) is 11.3 Å². The number of carbonyl (C=O) groups excluding carboxylic acids is 1. The second-order valence-electron chi connectivity index (χ2n) is 5.20. The first-order valence-electron chi connectivity index (χ1n) is 6.41. The first-order chi connectivity index (χ1) is 9.38. The minimum Gasteiger partial charge on any atom is -0.378 e. The van der Waals surface area contributed by atoms with Gasteiger partial charge >= 0.3 is 0 Å². The van der Waals surface area contributed by atoms with Crippen LogP contribution in [-0.4, -0.2) is 29.8 Å². The summed E-state index contributed by atoms with van der Waals surface area (Å²) in [6.45, 7) is 4.00. The lowest BCUT2D eigenvalue weighted by Crippen LogP contribution is -2.26. The molecule has 2 aromatic rings. The molecule has 2 rings (SSSR count). The zero-order valence-electron chi connectivity index (χ0n) is 12.0. The fourth-order valence-electron chi connectivity index (χ4n) is 1.72. The SMILES string of the molecule is CC(C)[C@@H](Br)C(=O)Nc1nc2ccc(N(C)C)cc2s1. The largest absolute Gasteiger partial charge is 0.378 e. The maximum absolute atomic E-state index is 12.0. The van der Waals surface area contributed by atoms with Crippen molar-refractivity contribution in [2.45, 2.75) is 18.7 Å². The maximum Gasteiger partial charge on any atom is 0.240 e. The lowest BCUT2D eigenvalue weighted by Gasteiger charge is -2.11. The number of thiazole rings is 1. The van der Waals surface area contributed by atoms with Crippen molar-refractivity contribution >= 4 is 54.2 Å². The molecule has 0 radical (unpaired) electrons. The van der Waals surface area contributed by atoms with Gasteiger partial charge in [0, 0.05) is 19.8 Å². The van der Waals surface area contributed by atoms with E-state index in [1.54, 1.807) is 0 Å². The van der Waals surface area contributed by atoms with Gasteiger partial charge in [0.05, 0.1) is 15.0 Å². The zero-order chi connectivity index (χ0) is 14.9. The molecule has 108 valence electrons.